The molecule has 1 aromatic heterocycles. The summed E-state index contributed by atoms with van der Waals surface area (Å²) in [6.07, 6.45) is 5.45. The highest BCUT2D eigenvalue weighted by molar-refractivity contribution is 5.45. The first-order chi connectivity index (χ1) is 12.6. The van der Waals surface area contributed by atoms with Crippen LogP contribution in [0.5, 0.6) is 5.75 Å². The third-order valence-corrected chi connectivity index (χ3v) is 5.28. The van der Waals surface area contributed by atoms with Crippen molar-refractivity contribution in [2.75, 3.05) is 7.11 Å². The second-order valence-electron chi connectivity index (χ2n) is 6.89. The molecule has 0 spiro atoms. The summed E-state index contributed by atoms with van der Waals surface area (Å²) in [5.41, 5.74) is 1.46. The standard InChI is InChI=1S/C19H25N5O2/c1-24-18(22-23-19(24)25)10-14-5-3-4-6-16(14)21-12-13-7-8-17(26-2)15(9-13)11-20/h7-9,14,16,21H,3-6,10,12H2,1-2H3,(H,23,25)/t14-,16-/m1/s1. The smallest absolute Gasteiger partial charge is 0.343 e. The molecule has 7 heteroatoms. The van der Waals surface area contributed by atoms with Gasteiger partial charge in [0, 0.05) is 26.1 Å². The summed E-state index contributed by atoms with van der Waals surface area (Å²) < 4.78 is 6.79. The molecule has 2 N–H and O–H groups in total. The Labute approximate surface area is 153 Å². The number of hydrogen-bond acceptors (Lipinski definition) is 5. The number of H-pyrrole nitrogens is 1. The molecular formula is C19H25N5O2. The van der Waals surface area contributed by atoms with E-state index in [0.717, 1.165) is 30.7 Å². The minimum atomic E-state index is -0.164. The number of rotatable bonds is 6. The molecule has 0 aliphatic heterocycles. The Hall–Kier alpha value is -2.59. The van der Waals surface area contributed by atoms with Gasteiger partial charge < -0.3 is 10.1 Å². The van der Waals surface area contributed by atoms with Gasteiger partial charge in [-0.25, -0.2) is 9.89 Å². The van der Waals surface area contributed by atoms with E-state index in [-0.39, 0.29) is 5.69 Å². The molecule has 0 radical (unpaired) electrons. The third kappa shape index (κ3) is 3.97. The van der Waals surface area contributed by atoms with Gasteiger partial charge in [0.25, 0.3) is 0 Å². The molecule has 1 aliphatic carbocycles. The van der Waals surface area contributed by atoms with Gasteiger partial charge in [0.2, 0.25) is 0 Å². The van der Waals surface area contributed by atoms with Crippen LogP contribution in [0.25, 0.3) is 0 Å². The minimum Gasteiger partial charge on any atom is -0.495 e. The van der Waals surface area contributed by atoms with E-state index in [2.05, 4.69) is 21.6 Å². The predicted octanol–water partition coefficient (Wildman–Crippen LogP) is 1.88. The fourth-order valence-corrected chi connectivity index (χ4v) is 3.72. The van der Waals surface area contributed by atoms with E-state index in [0.29, 0.717) is 29.8 Å². The summed E-state index contributed by atoms with van der Waals surface area (Å²) in [4.78, 5) is 11.6. The first kappa shape index (κ1) is 18.2. The van der Waals surface area contributed by atoms with Crippen molar-refractivity contribution in [2.45, 2.75) is 44.7 Å². The highest BCUT2D eigenvalue weighted by Gasteiger charge is 2.26. The van der Waals surface area contributed by atoms with Crippen LogP contribution in [0.3, 0.4) is 0 Å². The topological polar surface area (TPSA) is 95.7 Å². The first-order valence-electron chi connectivity index (χ1n) is 9.03. The molecule has 1 heterocycles. The number of hydrogen-bond donors (Lipinski definition) is 2. The Morgan fingerprint density at radius 2 is 2.23 bits per heavy atom. The molecule has 1 fully saturated rings. The lowest BCUT2D eigenvalue weighted by Crippen LogP contribution is -2.39. The van der Waals surface area contributed by atoms with Crippen LogP contribution in [0.1, 0.15) is 42.6 Å². The van der Waals surface area contributed by atoms with Crippen molar-refractivity contribution in [3.63, 3.8) is 0 Å². The average Bonchev–Trinajstić information content (AvgIpc) is 2.99. The summed E-state index contributed by atoms with van der Waals surface area (Å²) in [5, 5.41) is 19.6. The third-order valence-electron chi connectivity index (χ3n) is 5.28. The van der Waals surface area contributed by atoms with Crippen LogP contribution < -0.4 is 15.7 Å². The second kappa shape index (κ2) is 8.19. The van der Waals surface area contributed by atoms with Crippen molar-refractivity contribution in [1.29, 1.82) is 5.26 Å². The summed E-state index contributed by atoms with van der Waals surface area (Å²) in [7, 11) is 3.33. The van der Waals surface area contributed by atoms with E-state index in [1.807, 2.05) is 18.2 Å². The number of nitrogens with one attached hydrogen (secondary N) is 2. The fourth-order valence-electron chi connectivity index (χ4n) is 3.72. The molecule has 0 amide bonds. The molecule has 2 atom stereocenters. The van der Waals surface area contributed by atoms with Crippen LogP contribution in [-0.2, 0) is 20.0 Å². The Kier molecular flexibility index (Phi) is 5.74. The zero-order valence-electron chi connectivity index (χ0n) is 15.3. The van der Waals surface area contributed by atoms with Gasteiger partial charge in [-0.05, 0) is 36.5 Å². The van der Waals surface area contributed by atoms with Crippen LogP contribution >= 0.6 is 0 Å². The van der Waals surface area contributed by atoms with Crippen molar-refractivity contribution < 1.29 is 4.74 Å². The van der Waals surface area contributed by atoms with Crippen LogP contribution in [-0.4, -0.2) is 27.9 Å². The Morgan fingerprint density at radius 1 is 1.42 bits per heavy atom. The maximum Gasteiger partial charge on any atom is 0.343 e. The number of aromatic nitrogens is 3. The highest BCUT2D eigenvalue weighted by atomic mass is 16.5. The molecule has 0 unspecified atom stereocenters. The monoisotopic (exact) mass is 355 g/mol. The van der Waals surface area contributed by atoms with Crippen molar-refractivity contribution in [1.82, 2.24) is 20.1 Å². The number of nitriles is 1. The maximum atomic E-state index is 11.6. The molecule has 2 aromatic rings. The van der Waals surface area contributed by atoms with Crippen LogP contribution in [0.4, 0.5) is 0 Å². The Morgan fingerprint density at radius 3 is 2.92 bits per heavy atom. The largest absolute Gasteiger partial charge is 0.495 e. The molecule has 0 bridgehead atoms. The number of ether oxygens (including phenoxy) is 1. The number of aromatic amines is 1. The molecule has 7 nitrogen and oxygen atoms in total. The van der Waals surface area contributed by atoms with E-state index in [1.54, 1.807) is 18.7 Å². The predicted molar refractivity (Wildman–Crippen MR) is 97.8 cm³/mol. The normalized spacial score (nSPS) is 19.9. The lowest BCUT2D eigenvalue weighted by molar-refractivity contribution is 0.255. The summed E-state index contributed by atoms with van der Waals surface area (Å²) >= 11 is 0. The lowest BCUT2D eigenvalue weighted by Gasteiger charge is -2.32. The molecule has 26 heavy (non-hydrogen) atoms. The van der Waals surface area contributed by atoms with Gasteiger partial charge in [0.15, 0.2) is 0 Å². The van der Waals surface area contributed by atoms with Gasteiger partial charge in [-0.2, -0.15) is 10.4 Å². The van der Waals surface area contributed by atoms with Crippen molar-refractivity contribution in [2.24, 2.45) is 13.0 Å². The molecule has 3 rings (SSSR count). The van der Waals surface area contributed by atoms with E-state index >= 15 is 0 Å². The average molecular weight is 355 g/mol. The Bertz CT molecular complexity index is 848. The first-order valence-corrected chi connectivity index (χ1v) is 9.03. The quantitative estimate of drug-likeness (QED) is 0.825. The zero-order valence-corrected chi connectivity index (χ0v) is 15.3. The Balaban J connectivity index is 1.66. The van der Waals surface area contributed by atoms with Gasteiger partial charge in [0.05, 0.1) is 12.7 Å². The number of nitrogens with zero attached hydrogens (tertiary/aromatic N) is 3. The molecular weight excluding hydrogens is 330 g/mol. The maximum absolute atomic E-state index is 11.6. The van der Waals surface area contributed by atoms with E-state index in [1.165, 1.54) is 12.8 Å². The highest BCUT2D eigenvalue weighted by Crippen LogP contribution is 2.27. The van der Waals surface area contributed by atoms with Gasteiger partial charge in [-0.15, -0.1) is 0 Å². The van der Waals surface area contributed by atoms with Crippen LogP contribution in [0, 0.1) is 17.2 Å². The van der Waals surface area contributed by atoms with Gasteiger partial charge in [0.1, 0.15) is 17.6 Å². The molecule has 0 saturated heterocycles. The number of benzene rings is 1. The number of methoxy groups -OCH3 is 1. The summed E-state index contributed by atoms with van der Waals surface area (Å²) in [6.45, 7) is 0.708. The molecule has 1 aliphatic rings. The van der Waals surface area contributed by atoms with Crippen LogP contribution in [0.15, 0.2) is 23.0 Å². The fraction of sp³-hybridized carbons (Fsp3) is 0.526. The van der Waals surface area contributed by atoms with Crippen molar-refractivity contribution in [3.05, 3.63) is 45.6 Å². The summed E-state index contributed by atoms with van der Waals surface area (Å²) in [6, 6.07) is 8.26. The zero-order chi connectivity index (χ0) is 18.5. The van der Waals surface area contributed by atoms with Crippen molar-refractivity contribution in [3.8, 4) is 11.8 Å². The van der Waals surface area contributed by atoms with Crippen LogP contribution in [0.2, 0.25) is 0 Å². The minimum absolute atomic E-state index is 0.164. The van der Waals surface area contributed by atoms with E-state index < -0.39 is 0 Å². The molecule has 1 saturated carbocycles. The van der Waals surface area contributed by atoms with Crippen molar-refractivity contribution >= 4 is 0 Å². The van der Waals surface area contributed by atoms with E-state index in [4.69, 9.17) is 4.74 Å². The van der Waals surface area contributed by atoms with Gasteiger partial charge in [-0.1, -0.05) is 18.9 Å². The summed E-state index contributed by atoms with van der Waals surface area (Å²) in [5.74, 6) is 1.86. The van der Waals surface area contributed by atoms with E-state index in [9.17, 15) is 10.1 Å². The van der Waals surface area contributed by atoms with Gasteiger partial charge >= 0.3 is 5.69 Å². The molecule has 138 valence electrons. The van der Waals surface area contributed by atoms with Gasteiger partial charge in [-0.3, -0.25) is 4.57 Å². The second-order valence-corrected chi connectivity index (χ2v) is 6.89. The molecule has 1 aromatic carbocycles. The SMILES string of the molecule is COc1ccc(CN[C@@H]2CCCC[C@@H]2Cc2n[nH]c(=O)n2C)cc1C#N. The lowest BCUT2D eigenvalue weighted by atomic mass is 9.82.